The van der Waals surface area contributed by atoms with E-state index in [0.29, 0.717) is 6.04 Å². The van der Waals surface area contributed by atoms with Crippen molar-refractivity contribution in [1.82, 2.24) is 10.2 Å². The summed E-state index contributed by atoms with van der Waals surface area (Å²) in [6.07, 6.45) is 10.6. The molecule has 98 valence electrons. The number of hydrogen-bond acceptors (Lipinski definition) is 2. The van der Waals surface area contributed by atoms with Gasteiger partial charge in [0.25, 0.3) is 0 Å². The second-order valence-electron chi connectivity index (χ2n) is 5.78. The van der Waals surface area contributed by atoms with Crippen molar-refractivity contribution in [3.63, 3.8) is 0 Å². The summed E-state index contributed by atoms with van der Waals surface area (Å²) < 4.78 is 0. The molecular weight excluding hydrogens is 208 g/mol. The van der Waals surface area contributed by atoms with Gasteiger partial charge in [0.15, 0.2) is 0 Å². The molecular formula is C15H28N2. The molecule has 0 aromatic carbocycles. The van der Waals surface area contributed by atoms with Gasteiger partial charge in [0.2, 0.25) is 0 Å². The van der Waals surface area contributed by atoms with Crippen LogP contribution in [0.3, 0.4) is 0 Å². The first-order chi connectivity index (χ1) is 8.31. The predicted octanol–water partition coefficient (Wildman–Crippen LogP) is 2.81. The molecule has 0 amide bonds. The van der Waals surface area contributed by atoms with Crippen LogP contribution < -0.4 is 5.32 Å². The first-order valence-electron chi connectivity index (χ1n) is 7.41. The third kappa shape index (κ3) is 3.56. The Balaban J connectivity index is 1.93. The zero-order chi connectivity index (χ0) is 12.1. The Morgan fingerprint density at radius 1 is 1.24 bits per heavy atom. The van der Waals surface area contributed by atoms with Crippen molar-refractivity contribution in [1.29, 1.82) is 0 Å². The summed E-state index contributed by atoms with van der Waals surface area (Å²) in [6, 6.07) is 1.25. The van der Waals surface area contributed by atoms with Crippen LogP contribution in [0.25, 0.3) is 0 Å². The third-order valence-electron chi connectivity index (χ3n) is 4.60. The second-order valence-corrected chi connectivity index (χ2v) is 5.78. The van der Waals surface area contributed by atoms with Gasteiger partial charge >= 0.3 is 0 Å². The minimum atomic E-state index is 0.529. The minimum Gasteiger partial charge on any atom is -0.312 e. The highest BCUT2D eigenvalue weighted by molar-refractivity contribution is 4.90. The van der Waals surface area contributed by atoms with Gasteiger partial charge in [-0.15, -0.1) is 6.58 Å². The molecule has 2 heteroatoms. The lowest BCUT2D eigenvalue weighted by Crippen LogP contribution is -2.45. The van der Waals surface area contributed by atoms with E-state index in [1.54, 1.807) is 0 Å². The summed E-state index contributed by atoms with van der Waals surface area (Å²) in [5, 5.41) is 3.78. The van der Waals surface area contributed by atoms with Crippen LogP contribution in [-0.4, -0.2) is 36.6 Å². The van der Waals surface area contributed by atoms with Gasteiger partial charge in [0.05, 0.1) is 0 Å². The number of nitrogens with one attached hydrogen (secondary N) is 1. The molecule has 0 aromatic heterocycles. The normalized spacial score (nSPS) is 30.8. The summed E-state index contributed by atoms with van der Waals surface area (Å²) in [4.78, 5) is 2.60. The molecule has 1 N–H and O–H groups in total. The van der Waals surface area contributed by atoms with Crippen LogP contribution in [0, 0.1) is 5.92 Å². The molecule has 1 aliphatic carbocycles. The van der Waals surface area contributed by atoms with Crippen molar-refractivity contribution in [3.8, 4) is 0 Å². The molecule has 0 bridgehead atoms. The Bertz CT molecular complexity index is 233. The number of nitrogens with zero attached hydrogens (tertiary/aromatic N) is 1. The Labute approximate surface area is 106 Å². The molecule has 0 aromatic rings. The smallest absolute Gasteiger partial charge is 0.0247 e. The van der Waals surface area contributed by atoms with Crippen molar-refractivity contribution in [3.05, 3.63) is 12.7 Å². The fourth-order valence-corrected chi connectivity index (χ4v) is 3.35. The van der Waals surface area contributed by atoms with Gasteiger partial charge in [-0.05, 0) is 45.2 Å². The van der Waals surface area contributed by atoms with Crippen LogP contribution in [0.1, 0.15) is 45.4 Å². The molecule has 2 atom stereocenters. The maximum absolute atomic E-state index is 3.94. The molecule has 1 aliphatic heterocycles. The van der Waals surface area contributed by atoms with Gasteiger partial charge in [-0.3, -0.25) is 4.90 Å². The maximum Gasteiger partial charge on any atom is 0.0247 e. The Morgan fingerprint density at radius 2 is 2.00 bits per heavy atom. The third-order valence-corrected chi connectivity index (χ3v) is 4.60. The monoisotopic (exact) mass is 236 g/mol. The maximum atomic E-state index is 3.94. The molecule has 2 unspecified atom stereocenters. The molecule has 1 heterocycles. The number of hydrogen-bond donors (Lipinski definition) is 1. The van der Waals surface area contributed by atoms with Gasteiger partial charge in [0, 0.05) is 18.6 Å². The van der Waals surface area contributed by atoms with Gasteiger partial charge < -0.3 is 5.32 Å². The lowest BCUT2D eigenvalue weighted by atomic mass is 9.83. The van der Waals surface area contributed by atoms with E-state index in [2.05, 4.69) is 29.8 Å². The van der Waals surface area contributed by atoms with Crippen molar-refractivity contribution >= 4 is 0 Å². The lowest BCUT2D eigenvalue weighted by molar-refractivity contribution is 0.189. The van der Waals surface area contributed by atoms with E-state index in [1.807, 2.05) is 0 Å². The quantitative estimate of drug-likeness (QED) is 0.758. The highest BCUT2D eigenvalue weighted by Gasteiger charge is 2.27. The van der Waals surface area contributed by atoms with E-state index in [0.717, 1.165) is 12.0 Å². The second kappa shape index (κ2) is 6.55. The largest absolute Gasteiger partial charge is 0.312 e. The molecule has 17 heavy (non-hydrogen) atoms. The van der Waals surface area contributed by atoms with Gasteiger partial charge in [0.1, 0.15) is 0 Å². The summed E-state index contributed by atoms with van der Waals surface area (Å²) in [7, 11) is 0. The topological polar surface area (TPSA) is 15.3 Å². The molecule has 2 aliphatic rings. The zero-order valence-electron chi connectivity index (χ0n) is 11.3. The Kier molecular flexibility index (Phi) is 5.05. The first-order valence-corrected chi connectivity index (χ1v) is 7.41. The Hall–Kier alpha value is -0.340. The van der Waals surface area contributed by atoms with E-state index in [-0.39, 0.29) is 0 Å². The minimum absolute atomic E-state index is 0.529. The highest BCUT2D eigenvalue weighted by atomic mass is 15.2. The van der Waals surface area contributed by atoms with Crippen molar-refractivity contribution < 1.29 is 0 Å². The average molecular weight is 236 g/mol. The van der Waals surface area contributed by atoms with Gasteiger partial charge in [-0.2, -0.15) is 0 Å². The van der Waals surface area contributed by atoms with Gasteiger partial charge in [-0.1, -0.05) is 25.3 Å². The zero-order valence-corrected chi connectivity index (χ0v) is 11.3. The van der Waals surface area contributed by atoms with E-state index in [4.69, 9.17) is 0 Å². The van der Waals surface area contributed by atoms with Crippen LogP contribution in [0.4, 0.5) is 0 Å². The summed E-state index contributed by atoms with van der Waals surface area (Å²) in [6.45, 7) is 9.86. The fraction of sp³-hybridized carbons (Fsp3) is 0.867. The first kappa shape index (κ1) is 13.1. The van der Waals surface area contributed by atoms with Crippen LogP contribution in [0.2, 0.25) is 0 Å². The number of rotatable bonds is 3. The standard InChI is InChI=1S/C15H28N2/c1-3-13(2)17-11-7-10-16-15(12-17)14-8-5-4-6-9-14/h3,13-16H,1,4-12H2,2H3. The molecule has 2 nitrogen and oxygen atoms in total. The van der Waals surface area contributed by atoms with Crippen molar-refractivity contribution in [2.45, 2.75) is 57.5 Å². The summed E-state index contributed by atoms with van der Waals surface area (Å²) in [5.74, 6) is 0.918. The predicted molar refractivity (Wildman–Crippen MR) is 74.2 cm³/mol. The van der Waals surface area contributed by atoms with Crippen molar-refractivity contribution in [2.75, 3.05) is 19.6 Å². The van der Waals surface area contributed by atoms with Crippen LogP contribution >= 0.6 is 0 Å². The van der Waals surface area contributed by atoms with E-state index < -0.39 is 0 Å². The molecule has 1 saturated carbocycles. The summed E-state index contributed by atoms with van der Waals surface area (Å²) >= 11 is 0. The lowest BCUT2D eigenvalue weighted by Gasteiger charge is -2.34. The average Bonchev–Trinajstić information content (AvgIpc) is 2.64. The SMILES string of the molecule is C=CC(C)N1CCCNC(C2CCCCC2)C1. The molecule has 2 rings (SSSR count). The van der Waals surface area contributed by atoms with Crippen molar-refractivity contribution in [2.24, 2.45) is 5.92 Å². The molecule has 0 spiro atoms. The Morgan fingerprint density at radius 3 is 2.71 bits per heavy atom. The van der Waals surface area contributed by atoms with E-state index in [1.165, 1.54) is 58.2 Å². The van der Waals surface area contributed by atoms with E-state index in [9.17, 15) is 0 Å². The molecule has 1 saturated heterocycles. The van der Waals surface area contributed by atoms with Gasteiger partial charge in [-0.25, -0.2) is 0 Å². The van der Waals surface area contributed by atoms with Crippen LogP contribution in [0.5, 0.6) is 0 Å². The van der Waals surface area contributed by atoms with Crippen LogP contribution in [0.15, 0.2) is 12.7 Å². The fourth-order valence-electron chi connectivity index (χ4n) is 3.35. The molecule has 0 radical (unpaired) electrons. The highest BCUT2D eigenvalue weighted by Crippen LogP contribution is 2.27. The summed E-state index contributed by atoms with van der Waals surface area (Å²) in [5.41, 5.74) is 0. The molecule has 2 fully saturated rings. The van der Waals surface area contributed by atoms with E-state index >= 15 is 0 Å². The van der Waals surface area contributed by atoms with Crippen LogP contribution in [-0.2, 0) is 0 Å².